The second kappa shape index (κ2) is 3.19. The summed E-state index contributed by atoms with van der Waals surface area (Å²) in [5.74, 6) is 0. The van der Waals surface area contributed by atoms with Gasteiger partial charge in [0.2, 0.25) is 0 Å². The molecular formula is C8H12NO2PS. The Labute approximate surface area is 81.3 Å². The van der Waals surface area contributed by atoms with E-state index in [0.717, 1.165) is 25.0 Å². The Morgan fingerprint density at radius 3 is 2.77 bits per heavy atom. The molecule has 0 spiro atoms. The van der Waals surface area contributed by atoms with Gasteiger partial charge in [-0.25, -0.2) is 4.98 Å². The molecule has 0 bridgehead atoms. The van der Waals surface area contributed by atoms with Crippen molar-refractivity contribution in [1.29, 1.82) is 0 Å². The molecule has 1 aliphatic carbocycles. The highest BCUT2D eigenvalue weighted by molar-refractivity contribution is 7.71. The first-order chi connectivity index (χ1) is 6.07. The highest BCUT2D eigenvalue weighted by Crippen LogP contribution is 2.37. The van der Waals surface area contributed by atoms with Gasteiger partial charge in [-0.15, -0.1) is 11.3 Å². The van der Waals surface area contributed by atoms with Gasteiger partial charge in [0.25, 0.3) is 7.37 Å². The molecule has 1 aliphatic rings. The maximum absolute atomic E-state index is 11.3. The summed E-state index contributed by atoms with van der Waals surface area (Å²) >= 11 is 1.42. The molecule has 0 saturated carbocycles. The van der Waals surface area contributed by atoms with Crippen LogP contribution in [-0.2, 0) is 17.4 Å². The van der Waals surface area contributed by atoms with Gasteiger partial charge in [-0.05, 0) is 25.7 Å². The minimum atomic E-state index is -3.12. The Hall–Kier alpha value is -0.180. The van der Waals surface area contributed by atoms with E-state index in [1.165, 1.54) is 29.3 Å². The van der Waals surface area contributed by atoms with Crippen LogP contribution in [-0.4, -0.2) is 16.5 Å². The number of hydrogen-bond donors (Lipinski definition) is 1. The van der Waals surface area contributed by atoms with Gasteiger partial charge in [0.1, 0.15) is 0 Å². The molecule has 1 aromatic heterocycles. The van der Waals surface area contributed by atoms with Crippen LogP contribution in [0.4, 0.5) is 0 Å². The quantitative estimate of drug-likeness (QED) is 0.726. The van der Waals surface area contributed by atoms with Crippen LogP contribution in [0.25, 0.3) is 0 Å². The van der Waals surface area contributed by atoms with Crippen molar-refractivity contribution in [2.45, 2.75) is 25.7 Å². The summed E-state index contributed by atoms with van der Waals surface area (Å²) < 4.78 is 11.8. The first-order valence-corrected chi connectivity index (χ1v) is 7.29. The van der Waals surface area contributed by atoms with Crippen molar-refractivity contribution in [2.75, 3.05) is 6.66 Å². The van der Waals surface area contributed by atoms with E-state index in [0.29, 0.717) is 4.75 Å². The smallest absolute Gasteiger partial charge is 0.254 e. The van der Waals surface area contributed by atoms with Gasteiger partial charge in [-0.1, -0.05) is 0 Å². The highest BCUT2D eigenvalue weighted by atomic mass is 32.1. The monoisotopic (exact) mass is 217 g/mol. The molecule has 1 unspecified atom stereocenters. The van der Waals surface area contributed by atoms with Gasteiger partial charge >= 0.3 is 0 Å². The molecule has 0 amide bonds. The molecule has 0 aromatic carbocycles. The lowest BCUT2D eigenvalue weighted by atomic mass is 10.0. The van der Waals surface area contributed by atoms with Crippen molar-refractivity contribution < 1.29 is 9.46 Å². The number of aromatic nitrogens is 1. The maximum Gasteiger partial charge on any atom is 0.254 e. The fourth-order valence-corrected chi connectivity index (χ4v) is 3.72. The fourth-order valence-electron chi connectivity index (χ4n) is 1.52. The van der Waals surface area contributed by atoms with E-state index in [2.05, 4.69) is 4.98 Å². The molecule has 72 valence electrons. The predicted octanol–water partition coefficient (Wildman–Crippen LogP) is 1.55. The summed E-state index contributed by atoms with van der Waals surface area (Å²) in [5.41, 5.74) is 1.06. The van der Waals surface area contributed by atoms with Gasteiger partial charge in [-0.3, -0.25) is 4.57 Å². The predicted molar refractivity (Wildman–Crippen MR) is 54.1 cm³/mol. The zero-order valence-corrected chi connectivity index (χ0v) is 9.20. The summed E-state index contributed by atoms with van der Waals surface area (Å²) in [7, 11) is -3.12. The standard InChI is InChI=1S/C8H12NO2PS/c1-12(10,11)8-9-6-4-2-3-5-7(6)13-8/h2-5H2,1H3,(H,10,11). The van der Waals surface area contributed by atoms with Gasteiger partial charge in [-0.2, -0.15) is 0 Å². The Kier molecular flexibility index (Phi) is 2.30. The summed E-state index contributed by atoms with van der Waals surface area (Å²) in [4.78, 5) is 14.8. The molecule has 1 heterocycles. The van der Waals surface area contributed by atoms with E-state index in [9.17, 15) is 9.46 Å². The molecule has 0 fully saturated rings. The molecule has 1 atom stereocenters. The average Bonchev–Trinajstić information content (AvgIpc) is 2.45. The molecule has 2 rings (SSSR count). The van der Waals surface area contributed by atoms with Crippen molar-refractivity contribution in [1.82, 2.24) is 4.98 Å². The summed E-state index contributed by atoms with van der Waals surface area (Å²) in [5, 5.41) is 0. The van der Waals surface area contributed by atoms with Crippen LogP contribution in [0.15, 0.2) is 0 Å². The normalized spacial score (nSPS) is 20.8. The molecular weight excluding hydrogens is 205 g/mol. The number of nitrogens with zero attached hydrogens (tertiary/aromatic N) is 1. The van der Waals surface area contributed by atoms with E-state index in [4.69, 9.17) is 0 Å². The van der Waals surface area contributed by atoms with Crippen molar-refractivity contribution in [3.63, 3.8) is 0 Å². The SMILES string of the molecule is CP(=O)(O)c1nc2c(s1)CCCC2. The summed E-state index contributed by atoms with van der Waals surface area (Å²) in [6.07, 6.45) is 4.36. The van der Waals surface area contributed by atoms with Crippen LogP contribution in [0.5, 0.6) is 0 Å². The molecule has 0 saturated heterocycles. The van der Waals surface area contributed by atoms with Gasteiger partial charge in [0, 0.05) is 11.5 Å². The Bertz CT molecular complexity index is 345. The van der Waals surface area contributed by atoms with Crippen molar-refractivity contribution in [3.05, 3.63) is 10.6 Å². The molecule has 13 heavy (non-hydrogen) atoms. The molecule has 1 N–H and O–H groups in total. The van der Waals surface area contributed by atoms with Crippen molar-refractivity contribution in [2.24, 2.45) is 0 Å². The zero-order valence-electron chi connectivity index (χ0n) is 7.49. The number of thiazole rings is 1. The third kappa shape index (κ3) is 1.85. The molecule has 3 nitrogen and oxygen atoms in total. The van der Waals surface area contributed by atoms with Crippen LogP contribution in [0.2, 0.25) is 0 Å². The summed E-state index contributed by atoms with van der Waals surface area (Å²) in [6, 6.07) is 0. The second-order valence-corrected chi connectivity index (χ2v) is 7.02. The van der Waals surface area contributed by atoms with E-state index >= 15 is 0 Å². The Balaban J connectivity index is 2.41. The Morgan fingerprint density at radius 2 is 2.15 bits per heavy atom. The number of aryl methyl sites for hydroxylation is 2. The lowest BCUT2D eigenvalue weighted by Gasteiger charge is -2.06. The van der Waals surface area contributed by atoms with E-state index in [1.54, 1.807) is 0 Å². The minimum Gasteiger partial charge on any atom is -0.340 e. The van der Waals surface area contributed by atoms with Crippen LogP contribution in [0.1, 0.15) is 23.4 Å². The summed E-state index contributed by atoms with van der Waals surface area (Å²) in [6.45, 7) is 1.36. The highest BCUT2D eigenvalue weighted by Gasteiger charge is 2.23. The fraction of sp³-hybridized carbons (Fsp3) is 0.625. The lowest BCUT2D eigenvalue weighted by Crippen LogP contribution is -2.03. The first-order valence-electron chi connectivity index (χ1n) is 4.37. The first kappa shape index (κ1) is 9.38. The molecule has 5 heteroatoms. The van der Waals surface area contributed by atoms with E-state index in [-0.39, 0.29) is 0 Å². The topological polar surface area (TPSA) is 50.2 Å². The van der Waals surface area contributed by atoms with Crippen LogP contribution in [0, 0.1) is 0 Å². The van der Waals surface area contributed by atoms with Crippen LogP contribution in [0.3, 0.4) is 0 Å². The van der Waals surface area contributed by atoms with E-state index < -0.39 is 7.37 Å². The number of hydrogen-bond acceptors (Lipinski definition) is 3. The number of rotatable bonds is 1. The van der Waals surface area contributed by atoms with Gasteiger partial charge in [0.15, 0.2) is 4.75 Å². The third-order valence-electron chi connectivity index (χ3n) is 2.19. The average molecular weight is 217 g/mol. The molecule has 0 radical (unpaired) electrons. The van der Waals surface area contributed by atoms with Crippen LogP contribution >= 0.6 is 18.7 Å². The van der Waals surface area contributed by atoms with Gasteiger partial charge < -0.3 is 4.89 Å². The minimum absolute atomic E-state index is 0.430. The van der Waals surface area contributed by atoms with E-state index in [1.807, 2.05) is 0 Å². The van der Waals surface area contributed by atoms with Gasteiger partial charge in [0.05, 0.1) is 5.69 Å². The molecule has 1 aromatic rings. The van der Waals surface area contributed by atoms with Crippen LogP contribution < -0.4 is 4.75 Å². The number of fused-ring (bicyclic) bond motifs is 1. The van der Waals surface area contributed by atoms with Crippen molar-refractivity contribution >= 4 is 23.5 Å². The Morgan fingerprint density at radius 1 is 1.46 bits per heavy atom. The second-order valence-electron chi connectivity index (χ2n) is 3.45. The zero-order chi connectivity index (χ0) is 9.47. The maximum atomic E-state index is 11.3. The van der Waals surface area contributed by atoms with Crippen molar-refractivity contribution in [3.8, 4) is 0 Å². The molecule has 0 aliphatic heterocycles. The lowest BCUT2D eigenvalue weighted by molar-refractivity contribution is 0.496. The third-order valence-corrected chi connectivity index (χ3v) is 5.25. The largest absolute Gasteiger partial charge is 0.340 e.